The molecule has 4 rings (SSSR count). The van der Waals surface area contributed by atoms with Crippen molar-refractivity contribution in [2.75, 3.05) is 11.2 Å². The summed E-state index contributed by atoms with van der Waals surface area (Å²) in [7, 11) is 0. The normalized spacial score (nSPS) is 11.9. The largest absolute Gasteiger partial charge is 0.465 e. The number of rotatable bonds is 8. The van der Waals surface area contributed by atoms with E-state index in [1.807, 2.05) is 67.6 Å². The van der Waals surface area contributed by atoms with Gasteiger partial charge in [-0.05, 0) is 60.1 Å². The van der Waals surface area contributed by atoms with Gasteiger partial charge in [-0.3, -0.25) is 4.90 Å². The molecule has 1 aromatic heterocycles. The lowest BCUT2D eigenvalue weighted by molar-refractivity contribution is 0.198. The Bertz CT molecular complexity index is 1270. The van der Waals surface area contributed by atoms with E-state index in [2.05, 4.69) is 28.5 Å². The second-order valence-electron chi connectivity index (χ2n) is 8.00. The maximum atomic E-state index is 12.3. The van der Waals surface area contributed by atoms with Gasteiger partial charge in [0.05, 0.1) is 0 Å². The molecule has 0 spiro atoms. The summed E-state index contributed by atoms with van der Waals surface area (Å²) in [5, 5.41) is 14.1. The van der Waals surface area contributed by atoms with Gasteiger partial charge < -0.3 is 9.63 Å². The van der Waals surface area contributed by atoms with Crippen LogP contribution in [0.4, 0.5) is 10.5 Å². The quantitative estimate of drug-likeness (QED) is 0.279. The molecule has 0 aliphatic carbocycles. The third-order valence-corrected chi connectivity index (χ3v) is 6.59. The Hall–Kier alpha value is -3.58. The topological polar surface area (TPSA) is 79.5 Å². The van der Waals surface area contributed by atoms with Crippen LogP contribution in [-0.2, 0) is 6.42 Å². The molecule has 1 amide bonds. The van der Waals surface area contributed by atoms with Crippen molar-refractivity contribution in [1.82, 2.24) is 10.1 Å². The van der Waals surface area contributed by atoms with Gasteiger partial charge in [0.2, 0.25) is 11.7 Å². The van der Waals surface area contributed by atoms with Crippen LogP contribution in [0.15, 0.2) is 82.2 Å². The van der Waals surface area contributed by atoms with Crippen LogP contribution in [0.25, 0.3) is 22.5 Å². The minimum absolute atomic E-state index is 0.218. The molecule has 6 nitrogen and oxygen atoms in total. The Morgan fingerprint density at radius 1 is 1.06 bits per heavy atom. The molecule has 0 saturated carbocycles. The van der Waals surface area contributed by atoms with E-state index in [9.17, 15) is 9.90 Å². The number of hydrogen-bond donors (Lipinski definition) is 1. The number of benzene rings is 3. The maximum absolute atomic E-state index is 12.3. The Morgan fingerprint density at radius 2 is 1.82 bits per heavy atom. The zero-order valence-electron chi connectivity index (χ0n) is 19.4. The van der Waals surface area contributed by atoms with Gasteiger partial charge in [-0.2, -0.15) is 4.98 Å². The monoisotopic (exact) mass is 473 g/mol. The smallest absolute Gasteiger partial charge is 0.412 e. The molecule has 1 unspecified atom stereocenters. The molecule has 0 aliphatic rings. The molecule has 1 heterocycles. The fourth-order valence-electron chi connectivity index (χ4n) is 4.11. The molecule has 3 aromatic carbocycles. The van der Waals surface area contributed by atoms with Gasteiger partial charge in [0.25, 0.3) is 0 Å². The zero-order chi connectivity index (χ0) is 24.1. The molecular formula is C27H27N3O3S. The highest BCUT2D eigenvalue weighted by molar-refractivity contribution is 7.98. The highest BCUT2D eigenvalue weighted by Crippen LogP contribution is 2.32. The maximum Gasteiger partial charge on any atom is 0.412 e. The molecule has 0 saturated heterocycles. The van der Waals surface area contributed by atoms with Gasteiger partial charge in [-0.25, -0.2) is 4.79 Å². The number of carbonyl (C=O) groups is 1. The second-order valence-corrected chi connectivity index (χ2v) is 8.85. The first-order valence-corrected chi connectivity index (χ1v) is 12.4. The summed E-state index contributed by atoms with van der Waals surface area (Å²) in [6.07, 6.45) is 2.34. The van der Waals surface area contributed by atoms with Crippen molar-refractivity contribution < 1.29 is 14.4 Å². The van der Waals surface area contributed by atoms with E-state index in [-0.39, 0.29) is 6.04 Å². The van der Waals surface area contributed by atoms with Gasteiger partial charge in [0, 0.05) is 29.1 Å². The lowest BCUT2D eigenvalue weighted by Gasteiger charge is -2.29. The van der Waals surface area contributed by atoms with Crippen molar-refractivity contribution in [2.45, 2.75) is 37.6 Å². The first-order valence-electron chi connectivity index (χ1n) is 11.2. The van der Waals surface area contributed by atoms with Crippen molar-refractivity contribution in [2.24, 2.45) is 0 Å². The van der Waals surface area contributed by atoms with Crippen molar-refractivity contribution in [3.8, 4) is 22.5 Å². The van der Waals surface area contributed by atoms with E-state index in [1.165, 1.54) is 9.80 Å². The second kappa shape index (κ2) is 10.6. The van der Waals surface area contributed by atoms with Crippen LogP contribution in [0.1, 0.15) is 24.8 Å². The number of aromatic nitrogens is 2. The first-order chi connectivity index (χ1) is 16.5. The molecule has 4 aromatic rings. The van der Waals surface area contributed by atoms with Crippen molar-refractivity contribution in [3.63, 3.8) is 0 Å². The minimum atomic E-state index is -0.964. The lowest BCUT2D eigenvalue weighted by atomic mass is 9.99. The van der Waals surface area contributed by atoms with Crippen LogP contribution in [0.2, 0.25) is 0 Å². The van der Waals surface area contributed by atoms with Gasteiger partial charge in [-0.15, -0.1) is 11.8 Å². The summed E-state index contributed by atoms with van der Waals surface area (Å²) in [5.74, 6) is 1.04. The summed E-state index contributed by atoms with van der Waals surface area (Å²) >= 11 is 1.70. The Kier molecular flexibility index (Phi) is 7.33. The predicted molar refractivity (Wildman–Crippen MR) is 136 cm³/mol. The molecule has 174 valence electrons. The summed E-state index contributed by atoms with van der Waals surface area (Å²) in [6.45, 7) is 3.76. The molecule has 7 heteroatoms. The number of nitrogens with zero attached hydrogens (tertiary/aromatic N) is 3. The Morgan fingerprint density at radius 3 is 2.47 bits per heavy atom. The lowest BCUT2D eigenvalue weighted by Crippen LogP contribution is -2.40. The van der Waals surface area contributed by atoms with Crippen molar-refractivity contribution in [1.29, 1.82) is 0 Å². The van der Waals surface area contributed by atoms with Crippen LogP contribution in [-0.4, -0.2) is 33.6 Å². The van der Waals surface area contributed by atoms with Gasteiger partial charge in [0.1, 0.15) is 0 Å². The van der Waals surface area contributed by atoms with Crippen molar-refractivity contribution >= 4 is 23.5 Å². The highest BCUT2D eigenvalue weighted by atomic mass is 32.2. The van der Waals surface area contributed by atoms with Crippen LogP contribution < -0.4 is 4.90 Å². The standard InChI is InChI=1S/C27H27N3O3S/c1-4-22(17-19-8-7-9-21(16-19)26-28-18(2)33-29-26)30(27(31)32)23-14-12-20(13-15-23)24-10-5-6-11-25(24)34-3/h5-16,22H,4,17H2,1-3H3,(H,31,32). The fourth-order valence-corrected chi connectivity index (χ4v) is 4.73. The van der Waals surface area contributed by atoms with Crippen LogP contribution in [0, 0.1) is 6.92 Å². The van der Waals surface area contributed by atoms with E-state index in [1.54, 1.807) is 18.7 Å². The average molecular weight is 474 g/mol. The molecule has 1 atom stereocenters. The van der Waals surface area contributed by atoms with E-state index in [0.29, 0.717) is 30.2 Å². The molecule has 0 fully saturated rings. The summed E-state index contributed by atoms with van der Waals surface area (Å²) in [4.78, 5) is 19.3. The van der Waals surface area contributed by atoms with E-state index in [0.717, 1.165) is 22.3 Å². The molecule has 0 aliphatic heterocycles. The van der Waals surface area contributed by atoms with E-state index >= 15 is 0 Å². The zero-order valence-corrected chi connectivity index (χ0v) is 20.2. The number of aryl methyl sites for hydroxylation is 1. The predicted octanol–water partition coefficient (Wildman–Crippen LogP) is 6.94. The van der Waals surface area contributed by atoms with Crippen LogP contribution >= 0.6 is 11.8 Å². The minimum Gasteiger partial charge on any atom is -0.465 e. The SMILES string of the molecule is CCC(Cc1cccc(-c2noc(C)n2)c1)N(C(=O)O)c1ccc(-c2ccccc2SC)cc1. The number of amides is 1. The fraction of sp³-hybridized carbons (Fsp3) is 0.222. The van der Waals surface area contributed by atoms with E-state index < -0.39 is 6.09 Å². The average Bonchev–Trinajstić information content (AvgIpc) is 3.30. The Balaban J connectivity index is 1.59. The number of anilines is 1. The number of thioether (sulfide) groups is 1. The summed E-state index contributed by atoms with van der Waals surface area (Å²) in [5.41, 5.74) is 4.74. The van der Waals surface area contributed by atoms with Gasteiger partial charge >= 0.3 is 6.09 Å². The van der Waals surface area contributed by atoms with Gasteiger partial charge in [-0.1, -0.05) is 60.6 Å². The van der Waals surface area contributed by atoms with Crippen molar-refractivity contribution in [3.05, 3.63) is 84.3 Å². The molecule has 1 N–H and O–H groups in total. The van der Waals surface area contributed by atoms with Crippen LogP contribution in [0.5, 0.6) is 0 Å². The molecular weight excluding hydrogens is 446 g/mol. The molecule has 0 bridgehead atoms. The van der Waals surface area contributed by atoms with Gasteiger partial charge in [0.15, 0.2) is 0 Å². The third-order valence-electron chi connectivity index (χ3n) is 5.79. The molecule has 0 radical (unpaired) electrons. The third kappa shape index (κ3) is 5.15. The first kappa shape index (κ1) is 23.6. The number of carboxylic acid groups (broad SMARTS) is 1. The van der Waals surface area contributed by atoms with Crippen LogP contribution in [0.3, 0.4) is 0 Å². The molecule has 34 heavy (non-hydrogen) atoms. The highest BCUT2D eigenvalue weighted by Gasteiger charge is 2.24. The summed E-state index contributed by atoms with van der Waals surface area (Å²) < 4.78 is 5.10. The number of hydrogen-bond acceptors (Lipinski definition) is 5. The van der Waals surface area contributed by atoms with E-state index in [4.69, 9.17) is 4.52 Å². The summed E-state index contributed by atoms with van der Waals surface area (Å²) in [6, 6.07) is 23.6. The Labute approximate surface area is 203 Å².